The molecule has 37 heavy (non-hydrogen) atoms. The molecule has 0 fully saturated rings. The zero-order chi connectivity index (χ0) is 25.5. The first-order chi connectivity index (χ1) is 18.0. The number of nitrogens with zero attached hydrogens (tertiary/aromatic N) is 3. The zero-order valence-corrected chi connectivity index (χ0v) is 20.2. The van der Waals surface area contributed by atoms with Gasteiger partial charge >= 0.3 is 6.03 Å². The highest BCUT2D eigenvalue weighted by Crippen LogP contribution is 2.40. The second kappa shape index (κ2) is 9.09. The van der Waals surface area contributed by atoms with E-state index < -0.39 is 6.04 Å². The maximum absolute atomic E-state index is 13.7. The summed E-state index contributed by atoms with van der Waals surface area (Å²) in [7, 11) is 0. The molecule has 0 aliphatic carbocycles. The number of ether oxygens (including phenoxy) is 2. The molecule has 0 bridgehead atoms. The fraction of sp³-hybridized carbons (Fsp3) is 0.179. The lowest BCUT2D eigenvalue weighted by Gasteiger charge is -2.35. The number of carbonyl (C=O) groups excluding carboxylic acids is 1. The molecule has 0 saturated carbocycles. The van der Waals surface area contributed by atoms with E-state index in [9.17, 15) is 9.18 Å². The first-order valence-corrected chi connectivity index (χ1v) is 11.9. The van der Waals surface area contributed by atoms with Crippen molar-refractivity contribution in [2.75, 3.05) is 11.7 Å². The summed E-state index contributed by atoms with van der Waals surface area (Å²) in [5.74, 6) is 1.51. The van der Waals surface area contributed by atoms with Gasteiger partial charge in [0, 0.05) is 11.3 Å². The topological polar surface area (TPSA) is 89.7 Å². The van der Waals surface area contributed by atoms with E-state index in [4.69, 9.17) is 14.0 Å². The highest BCUT2D eigenvalue weighted by atomic mass is 19.1. The van der Waals surface area contributed by atoms with Crippen LogP contribution in [0, 0.1) is 5.82 Å². The predicted octanol–water partition coefficient (Wildman–Crippen LogP) is 5.87. The van der Waals surface area contributed by atoms with Crippen molar-refractivity contribution in [3.05, 3.63) is 95.3 Å². The normalized spacial score (nSPS) is 16.8. The summed E-state index contributed by atoms with van der Waals surface area (Å²) in [6, 6.07) is 18.3. The molecule has 9 heteroatoms. The Kier molecular flexibility index (Phi) is 5.60. The van der Waals surface area contributed by atoms with Gasteiger partial charge in [-0.15, -0.1) is 0 Å². The Morgan fingerprint density at radius 3 is 2.68 bits per heavy atom. The van der Waals surface area contributed by atoms with Crippen LogP contribution in [0.15, 0.2) is 77.0 Å². The smallest absolute Gasteiger partial charge is 0.326 e. The standard InChI is InChI=1S/C28H23FN4O4/c1-3-17-5-4-6-21(13-17)33-16(2)24(25(30-28(33)34)18-7-10-20(29)11-8-18)27-31-26(32-37-27)19-9-12-22-23(14-19)36-15-35-22/h4-14,25H,3,15H2,1-2H3,(H,30,34). The van der Waals surface area contributed by atoms with Crippen LogP contribution in [0.1, 0.15) is 36.9 Å². The van der Waals surface area contributed by atoms with Gasteiger partial charge in [-0.05, 0) is 66.9 Å². The average Bonchev–Trinajstić information content (AvgIpc) is 3.58. The van der Waals surface area contributed by atoms with Gasteiger partial charge in [0.2, 0.25) is 12.6 Å². The fourth-order valence-electron chi connectivity index (χ4n) is 4.64. The zero-order valence-electron chi connectivity index (χ0n) is 20.2. The quantitative estimate of drug-likeness (QED) is 0.370. The monoisotopic (exact) mass is 498 g/mol. The van der Waals surface area contributed by atoms with Gasteiger partial charge < -0.3 is 19.3 Å². The molecule has 0 saturated heterocycles. The van der Waals surface area contributed by atoms with Crippen molar-refractivity contribution in [3.8, 4) is 22.9 Å². The number of rotatable bonds is 5. The summed E-state index contributed by atoms with van der Waals surface area (Å²) < 4.78 is 30.3. The first kappa shape index (κ1) is 22.8. The maximum atomic E-state index is 13.7. The fourth-order valence-corrected chi connectivity index (χ4v) is 4.64. The highest BCUT2D eigenvalue weighted by Gasteiger charge is 2.36. The molecule has 2 aliphatic rings. The van der Waals surface area contributed by atoms with E-state index in [2.05, 4.69) is 22.4 Å². The van der Waals surface area contributed by atoms with E-state index >= 15 is 0 Å². The van der Waals surface area contributed by atoms with Gasteiger partial charge in [-0.1, -0.05) is 36.3 Å². The molecule has 8 nitrogen and oxygen atoms in total. The third-order valence-corrected chi connectivity index (χ3v) is 6.55. The van der Waals surface area contributed by atoms with Gasteiger partial charge in [-0.25, -0.2) is 9.18 Å². The van der Waals surface area contributed by atoms with E-state index in [-0.39, 0.29) is 24.5 Å². The van der Waals surface area contributed by atoms with Gasteiger partial charge in [-0.3, -0.25) is 4.90 Å². The number of amides is 2. The Morgan fingerprint density at radius 2 is 1.86 bits per heavy atom. The van der Waals surface area contributed by atoms with Crippen LogP contribution in [0.5, 0.6) is 11.5 Å². The van der Waals surface area contributed by atoms with Crippen molar-refractivity contribution in [2.45, 2.75) is 26.3 Å². The molecule has 3 heterocycles. The lowest BCUT2D eigenvalue weighted by Crippen LogP contribution is -2.46. The Morgan fingerprint density at radius 1 is 1.05 bits per heavy atom. The molecule has 2 aliphatic heterocycles. The third-order valence-electron chi connectivity index (χ3n) is 6.55. The van der Waals surface area contributed by atoms with E-state index in [0.29, 0.717) is 39.7 Å². The number of nitrogens with one attached hydrogen (secondary N) is 1. The number of aryl methyl sites for hydroxylation is 1. The minimum absolute atomic E-state index is 0.163. The molecular weight excluding hydrogens is 475 g/mol. The van der Waals surface area contributed by atoms with Crippen molar-refractivity contribution in [3.63, 3.8) is 0 Å². The summed E-state index contributed by atoms with van der Waals surface area (Å²) >= 11 is 0. The van der Waals surface area contributed by atoms with Crippen LogP contribution in [0.3, 0.4) is 0 Å². The Hall–Kier alpha value is -4.66. The molecule has 1 atom stereocenters. The number of allylic oxidation sites excluding steroid dienone is 1. The van der Waals surface area contributed by atoms with Crippen molar-refractivity contribution in [1.82, 2.24) is 15.5 Å². The molecule has 2 amide bonds. The summed E-state index contributed by atoms with van der Waals surface area (Å²) in [5.41, 5.74) is 4.46. The summed E-state index contributed by atoms with van der Waals surface area (Å²) in [4.78, 5) is 19.7. The Labute approximate surface area is 212 Å². The summed E-state index contributed by atoms with van der Waals surface area (Å²) in [6.07, 6.45) is 0.833. The largest absolute Gasteiger partial charge is 0.454 e. The molecule has 0 spiro atoms. The third kappa shape index (κ3) is 4.08. The molecule has 6 rings (SSSR count). The molecule has 1 aromatic heterocycles. The van der Waals surface area contributed by atoms with Crippen LogP contribution in [0.2, 0.25) is 0 Å². The van der Waals surface area contributed by atoms with E-state index in [1.807, 2.05) is 37.3 Å². The van der Waals surface area contributed by atoms with E-state index in [1.165, 1.54) is 12.1 Å². The van der Waals surface area contributed by atoms with Crippen LogP contribution < -0.4 is 19.7 Å². The molecule has 186 valence electrons. The molecule has 0 radical (unpaired) electrons. The lowest BCUT2D eigenvalue weighted by molar-refractivity contribution is 0.174. The van der Waals surface area contributed by atoms with Gasteiger partial charge in [0.15, 0.2) is 11.5 Å². The van der Waals surface area contributed by atoms with Crippen LogP contribution in [0.25, 0.3) is 17.0 Å². The number of anilines is 1. The van der Waals surface area contributed by atoms with Gasteiger partial charge in [0.1, 0.15) is 5.82 Å². The molecular formula is C28H23FN4O4. The molecule has 4 aromatic rings. The average molecular weight is 499 g/mol. The van der Waals surface area contributed by atoms with E-state index in [0.717, 1.165) is 17.7 Å². The summed E-state index contributed by atoms with van der Waals surface area (Å²) in [5, 5.41) is 7.24. The van der Waals surface area contributed by atoms with Crippen molar-refractivity contribution >= 4 is 17.3 Å². The molecule has 3 aromatic carbocycles. The minimum atomic E-state index is -0.622. The number of hydrogen-bond donors (Lipinski definition) is 1. The first-order valence-electron chi connectivity index (χ1n) is 11.9. The number of hydrogen-bond acceptors (Lipinski definition) is 6. The SMILES string of the molecule is CCc1cccc(N2C(=O)NC(c3ccc(F)cc3)C(c3nc(-c4ccc5c(c4)OCO5)no3)=C2C)c1. The maximum Gasteiger partial charge on any atom is 0.326 e. The highest BCUT2D eigenvalue weighted by molar-refractivity contribution is 6.01. The second-order valence-electron chi connectivity index (χ2n) is 8.78. The van der Waals surface area contributed by atoms with Crippen molar-refractivity contribution in [2.24, 2.45) is 0 Å². The minimum Gasteiger partial charge on any atom is -0.454 e. The summed E-state index contributed by atoms with van der Waals surface area (Å²) in [6.45, 7) is 4.06. The van der Waals surface area contributed by atoms with Gasteiger partial charge in [0.05, 0.1) is 17.3 Å². The number of halogens is 1. The van der Waals surface area contributed by atoms with Gasteiger partial charge in [0.25, 0.3) is 5.89 Å². The number of carbonyl (C=O) groups is 1. The Balaban J connectivity index is 1.47. The van der Waals surface area contributed by atoms with Crippen molar-refractivity contribution in [1.29, 1.82) is 0 Å². The number of urea groups is 1. The predicted molar refractivity (Wildman–Crippen MR) is 134 cm³/mol. The number of benzene rings is 3. The lowest BCUT2D eigenvalue weighted by atomic mass is 9.94. The Bertz CT molecular complexity index is 1530. The van der Waals surface area contributed by atoms with Gasteiger partial charge in [-0.2, -0.15) is 4.98 Å². The molecule has 1 N–H and O–H groups in total. The van der Waals surface area contributed by atoms with Crippen LogP contribution in [0.4, 0.5) is 14.9 Å². The second-order valence-corrected chi connectivity index (χ2v) is 8.78. The molecule has 1 unspecified atom stereocenters. The van der Waals surface area contributed by atoms with Crippen LogP contribution in [-0.2, 0) is 6.42 Å². The van der Waals surface area contributed by atoms with Crippen LogP contribution in [-0.4, -0.2) is 23.0 Å². The van der Waals surface area contributed by atoms with Crippen molar-refractivity contribution < 1.29 is 23.2 Å². The van der Waals surface area contributed by atoms with Crippen LogP contribution >= 0.6 is 0 Å². The number of aromatic nitrogens is 2. The van der Waals surface area contributed by atoms with E-state index in [1.54, 1.807) is 29.2 Å². The number of fused-ring (bicyclic) bond motifs is 1.